The smallest absolute Gasteiger partial charge is 0.124 e. The second kappa shape index (κ2) is 5.50. The fourth-order valence-corrected chi connectivity index (χ4v) is 2.15. The van der Waals surface area contributed by atoms with Crippen LogP contribution in [0, 0.1) is 0 Å². The number of hydrogen-bond donors (Lipinski definition) is 1. The maximum atomic E-state index is 10.6. The Labute approximate surface area is 107 Å². The molecule has 0 bridgehead atoms. The van der Waals surface area contributed by atoms with Crippen molar-refractivity contribution in [2.75, 3.05) is 5.73 Å². The van der Waals surface area contributed by atoms with Crippen LogP contribution in [0.25, 0.3) is 11.1 Å². The number of nitrogens with two attached hydrogens (primary N) is 1. The Bertz CT molecular complexity index is 561. The zero-order valence-corrected chi connectivity index (χ0v) is 10.5. The Morgan fingerprint density at radius 1 is 1.11 bits per heavy atom. The van der Waals surface area contributed by atoms with Gasteiger partial charge >= 0.3 is 0 Å². The molecule has 0 saturated heterocycles. The van der Waals surface area contributed by atoms with E-state index in [1.807, 2.05) is 30.3 Å². The minimum atomic E-state index is 0.369. The van der Waals surface area contributed by atoms with Gasteiger partial charge in [0, 0.05) is 12.1 Å². The summed E-state index contributed by atoms with van der Waals surface area (Å²) in [6.45, 7) is 2.14. The predicted molar refractivity (Wildman–Crippen MR) is 75.4 cm³/mol. The SMILES string of the molecule is CCc1ccccc1-c1ccc(N)c(CC=O)c1. The molecule has 0 saturated carbocycles. The number of carbonyl (C=O) groups excluding carboxylic acids is 1. The lowest BCUT2D eigenvalue weighted by atomic mass is 9.95. The van der Waals surface area contributed by atoms with E-state index in [4.69, 9.17) is 5.73 Å². The molecule has 0 unspecified atom stereocenters. The van der Waals surface area contributed by atoms with Gasteiger partial charge in [0.05, 0.1) is 0 Å². The highest BCUT2D eigenvalue weighted by atomic mass is 16.1. The van der Waals surface area contributed by atoms with E-state index in [0.717, 1.165) is 23.8 Å². The van der Waals surface area contributed by atoms with E-state index in [0.29, 0.717) is 12.1 Å². The molecule has 2 aromatic carbocycles. The monoisotopic (exact) mass is 239 g/mol. The van der Waals surface area contributed by atoms with Gasteiger partial charge in [-0.05, 0) is 40.8 Å². The second-order valence-corrected chi connectivity index (χ2v) is 4.30. The summed E-state index contributed by atoms with van der Waals surface area (Å²) in [7, 11) is 0. The number of hydrogen-bond acceptors (Lipinski definition) is 2. The van der Waals surface area contributed by atoms with Crippen molar-refractivity contribution in [1.29, 1.82) is 0 Å². The second-order valence-electron chi connectivity index (χ2n) is 4.30. The third-order valence-corrected chi connectivity index (χ3v) is 3.16. The summed E-state index contributed by atoms with van der Waals surface area (Å²) in [5.74, 6) is 0. The molecule has 0 aliphatic rings. The molecule has 18 heavy (non-hydrogen) atoms. The molecule has 0 aliphatic carbocycles. The van der Waals surface area contributed by atoms with E-state index >= 15 is 0 Å². The van der Waals surface area contributed by atoms with Crippen molar-refractivity contribution in [3.05, 3.63) is 53.6 Å². The molecule has 0 aromatic heterocycles. The minimum absolute atomic E-state index is 0.369. The van der Waals surface area contributed by atoms with E-state index in [9.17, 15) is 4.79 Å². The number of rotatable bonds is 4. The van der Waals surface area contributed by atoms with Crippen molar-refractivity contribution in [2.45, 2.75) is 19.8 Å². The zero-order valence-electron chi connectivity index (χ0n) is 10.5. The molecule has 0 spiro atoms. The van der Waals surface area contributed by atoms with E-state index in [-0.39, 0.29) is 0 Å². The normalized spacial score (nSPS) is 10.3. The molecule has 0 fully saturated rings. The summed E-state index contributed by atoms with van der Waals surface area (Å²) >= 11 is 0. The van der Waals surface area contributed by atoms with Crippen LogP contribution < -0.4 is 5.73 Å². The standard InChI is InChI=1S/C16H17NO/c1-2-12-5-3-4-6-15(12)13-7-8-16(17)14(11-13)9-10-18/h3-8,10-11H,2,9,17H2,1H3. The van der Waals surface area contributed by atoms with Gasteiger partial charge in [-0.25, -0.2) is 0 Å². The van der Waals surface area contributed by atoms with Gasteiger partial charge in [0.1, 0.15) is 6.29 Å². The highest BCUT2D eigenvalue weighted by Gasteiger charge is 2.06. The largest absolute Gasteiger partial charge is 0.398 e. The first-order chi connectivity index (χ1) is 8.76. The van der Waals surface area contributed by atoms with Crippen molar-refractivity contribution in [2.24, 2.45) is 0 Å². The van der Waals surface area contributed by atoms with Gasteiger partial charge in [-0.2, -0.15) is 0 Å². The van der Waals surface area contributed by atoms with Crippen LogP contribution in [-0.4, -0.2) is 6.29 Å². The fraction of sp³-hybridized carbons (Fsp3) is 0.188. The lowest BCUT2D eigenvalue weighted by Crippen LogP contribution is -1.96. The minimum Gasteiger partial charge on any atom is -0.398 e. The molecule has 2 nitrogen and oxygen atoms in total. The maximum Gasteiger partial charge on any atom is 0.124 e. The fourth-order valence-electron chi connectivity index (χ4n) is 2.15. The van der Waals surface area contributed by atoms with E-state index in [1.165, 1.54) is 11.1 Å². The maximum absolute atomic E-state index is 10.6. The molecule has 2 aromatic rings. The van der Waals surface area contributed by atoms with E-state index in [1.54, 1.807) is 0 Å². The summed E-state index contributed by atoms with van der Waals surface area (Å²) in [6.07, 6.45) is 2.25. The average molecular weight is 239 g/mol. The van der Waals surface area contributed by atoms with Crippen LogP contribution >= 0.6 is 0 Å². The van der Waals surface area contributed by atoms with Gasteiger partial charge in [0.2, 0.25) is 0 Å². The number of carbonyl (C=O) groups is 1. The van der Waals surface area contributed by atoms with Gasteiger partial charge in [-0.15, -0.1) is 0 Å². The number of anilines is 1. The Hall–Kier alpha value is -2.09. The molecule has 92 valence electrons. The molecule has 0 atom stereocenters. The summed E-state index contributed by atoms with van der Waals surface area (Å²) in [4.78, 5) is 10.6. The van der Waals surface area contributed by atoms with Crippen LogP contribution in [0.4, 0.5) is 5.69 Å². The van der Waals surface area contributed by atoms with E-state index in [2.05, 4.69) is 19.1 Å². The van der Waals surface area contributed by atoms with Crippen molar-refractivity contribution in [3.63, 3.8) is 0 Å². The first-order valence-electron chi connectivity index (χ1n) is 6.16. The van der Waals surface area contributed by atoms with Crippen LogP contribution in [-0.2, 0) is 17.6 Å². The van der Waals surface area contributed by atoms with Gasteiger partial charge in [-0.3, -0.25) is 0 Å². The Kier molecular flexibility index (Phi) is 3.78. The zero-order chi connectivity index (χ0) is 13.0. The predicted octanol–water partition coefficient (Wildman–Crippen LogP) is 3.24. The first kappa shape index (κ1) is 12.4. The van der Waals surface area contributed by atoms with Gasteiger partial charge in [0.25, 0.3) is 0 Å². The van der Waals surface area contributed by atoms with Crippen LogP contribution in [0.2, 0.25) is 0 Å². The topological polar surface area (TPSA) is 43.1 Å². The summed E-state index contributed by atoms with van der Waals surface area (Å²) < 4.78 is 0. The molecule has 0 radical (unpaired) electrons. The molecule has 2 heteroatoms. The third-order valence-electron chi connectivity index (χ3n) is 3.16. The molecular weight excluding hydrogens is 222 g/mol. The van der Waals surface area contributed by atoms with Crippen molar-refractivity contribution < 1.29 is 4.79 Å². The van der Waals surface area contributed by atoms with Gasteiger partial charge in [-0.1, -0.05) is 37.3 Å². The van der Waals surface area contributed by atoms with Crippen LogP contribution in [0.5, 0.6) is 0 Å². The number of aryl methyl sites for hydroxylation is 1. The average Bonchev–Trinajstić information content (AvgIpc) is 2.41. The highest BCUT2D eigenvalue weighted by molar-refractivity contribution is 5.72. The molecular formula is C16H17NO. The van der Waals surface area contributed by atoms with Crippen LogP contribution in [0.3, 0.4) is 0 Å². The van der Waals surface area contributed by atoms with Crippen molar-refractivity contribution in [3.8, 4) is 11.1 Å². The quantitative estimate of drug-likeness (QED) is 0.657. The summed E-state index contributed by atoms with van der Waals surface area (Å²) in [5.41, 5.74) is 11.1. The molecule has 0 heterocycles. The van der Waals surface area contributed by atoms with E-state index < -0.39 is 0 Å². The lowest BCUT2D eigenvalue weighted by Gasteiger charge is -2.10. The lowest BCUT2D eigenvalue weighted by molar-refractivity contribution is -0.107. The summed E-state index contributed by atoms with van der Waals surface area (Å²) in [5, 5.41) is 0. The van der Waals surface area contributed by atoms with Gasteiger partial charge in [0.15, 0.2) is 0 Å². The number of aldehydes is 1. The van der Waals surface area contributed by atoms with Crippen LogP contribution in [0.1, 0.15) is 18.1 Å². The van der Waals surface area contributed by atoms with Gasteiger partial charge < -0.3 is 10.5 Å². The molecule has 2 rings (SSSR count). The summed E-state index contributed by atoms with van der Waals surface area (Å²) in [6, 6.07) is 14.2. The van der Waals surface area contributed by atoms with Crippen molar-refractivity contribution in [1.82, 2.24) is 0 Å². The Morgan fingerprint density at radius 3 is 2.61 bits per heavy atom. The molecule has 0 aliphatic heterocycles. The third kappa shape index (κ3) is 2.43. The number of nitrogen functional groups attached to an aromatic ring is 1. The van der Waals surface area contributed by atoms with Crippen LogP contribution in [0.15, 0.2) is 42.5 Å². The van der Waals surface area contributed by atoms with Crippen molar-refractivity contribution >= 4 is 12.0 Å². The highest BCUT2D eigenvalue weighted by Crippen LogP contribution is 2.27. The molecule has 0 amide bonds. The first-order valence-corrected chi connectivity index (χ1v) is 6.16. The number of benzene rings is 2. The molecule has 2 N–H and O–H groups in total. The Morgan fingerprint density at radius 2 is 1.89 bits per heavy atom. The Balaban J connectivity index is 2.50.